The molecule has 118 valence electrons. The molecule has 7 nitrogen and oxygen atoms in total. The zero-order chi connectivity index (χ0) is 16.2. The molecular weight excluding hydrogens is 282 g/mol. The van der Waals surface area contributed by atoms with Crippen molar-refractivity contribution in [1.82, 2.24) is 20.2 Å². The zero-order valence-electron chi connectivity index (χ0n) is 13.2. The molecule has 1 N–H and O–H groups in total. The lowest BCUT2D eigenvalue weighted by atomic mass is 10.1. The number of hydrogen-bond acceptors (Lipinski definition) is 5. The van der Waals surface area contributed by atoms with Crippen LogP contribution < -0.4 is 10.1 Å². The molecule has 1 unspecified atom stereocenters. The molecule has 7 heteroatoms. The largest absolute Gasteiger partial charge is 0.470 e. The second-order valence-electron chi connectivity index (χ2n) is 6.33. The number of carbonyl (C=O) groups excluding carboxylic acids is 1. The fraction of sp³-hybridized carbons (Fsp3) is 0.600. The highest BCUT2D eigenvalue weighted by atomic mass is 16.5. The number of ether oxygens (including phenoxy) is 1. The summed E-state index contributed by atoms with van der Waals surface area (Å²) in [5.41, 5.74) is -0.109. The molecule has 1 aromatic rings. The molecular formula is C15H21N5O2. The minimum absolute atomic E-state index is 0.0968. The summed E-state index contributed by atoms with van der Waals surface area (Å²) in [5.74, 6) is 0.230. The maximum atomic E-state index is 12.2. The van der Waals surface area contributed by atoms with Gasteiger partial charge in [-0.2, -0.15) is 5.26 Å². The third kappa shape index (κ3) is 4.32. The highest BCUT2D eigenvalue weighted by Crippen LogP contribution is 2.19. The van der Waals surface area contributed by atoms with E-state index in [0.29, 0.717) is 13.1 Å². The summed E-state index contributed by atoms with van der Waals surface area (Å²) in [6, 6.07) is 1.86. The van der Waals surface area contributed by atoms with Crippen LogP contribution in [0.2, 0.25) is 0 Å². The average Bonchev–Trinajstić information content (AvgIpc) is 2.46. The van der Waals surface area contributed by atoms with Gasteiger partial charge in [-0.3, -0.25) is 0 Å². The fourth-order valence-corrected chi connectivity index (χ4v) is 2.26. The maximum absolute atomic E-state index is 12.2. The van der Waals surface area contributed by atoms with Gasteiger partial charge in [0.25, 0.3) is 5.88 Å². The number of carbonyl (C=O) groups is 1. The Kier molecular flexibility index (Phi) is 4.81. The molecule has 1 aliphatic heterocycles. The van der Waals surface area contributed by atoms with E-state index >= 15 is 0 Å². The maximum Gasteiger partial charge on any atom is 0.317 e. The third-order valence-electron chi connectivity index (χ3n) is 3.20. The van der Waals surface area contributed by atoms with Crippen LogP contribution in [0.5, 0.6) is 5.88 Å². The zero-order valence-corrected chi connectivity index (χ0v) is 13.2. The van der Waals surface area contributed by atoms with Crippen LogP contribution in [0.25, 0.3) is 0 Å². The minimum Gasteiger partial charge on any atom is -0.470 e. The van der Waals surface area contributed by atoms with E-state index in [4.69, 9.17) is 10.00 Å². The third-order valence-corrected chi connectivity index (χ3v) is 3.20. The lowest BCUT2D eigenvalue weighted by Crippen LogP contribution is -2.53. The number of likely N-dealkylation sites (tertiary alicyclic amines) is 1. The van der Waals surface area contributed by atoms with E-state index in [2.05, 4.69) is 15.3 Å². The highest BCUT2D eigenvalue weighted by molar-refractivity contribution is 5.75. The molecule has 0 aromatic carbocycles. The Bertz CT molecular complexity index is 576. The first-order valence-corrected chi connectivity index (χ1v) is 7.34. The van der Waals surface area contributed by atoms with E-state index in [1.54, 1.807) is 4.90 Å². The average molecular weight is 303 g/mol. The highest BCUT2D eigenvalue weighted by Gasteiger charge is 2.27. The Hall–Kier alpha value is -2.36. The molecule has 1 aliphatic rings. The van der Waals surface area contributed by atoms with Gasteiger partial charge in [0.05, 0.1) is 6.54 Å². The van der Waals surface area contributed by atoms with Gasteiger partial charge in [0.1, 0.15) is 12.2 Å². The number of amides is 2. The molecule has 1 fully saturated rings. The molecule has 1 atom stereocenters. The van der Waals surface area contributed by atoms with Gasteiger partial charge in [-0.05, 0) is 33.6 Å². The summed E-state index contributed by atoms with van der Waals surface area (Å²) in [4.78, 5) is 21.9. The molecule has 0 bridgehead atoms. The summed E-state index contributed by atoms with van der Waals surface area (Å²) < 4.78 is 5.77. The van der Waals surface area contributed by atoms with Crippen molar-refractivity contribution in [2.45, 2.75) is 45.3 Å². The van der Waals surface area contributed by atoms with Crippen molar-refractivity contribution in [2.24, 2.45) is 0 Å². The monoisotopic (exact) mass is 303 g/mol. The molecule has 0 saturated carbocycles. The predicted molar refractivity (Wildman–Crippen MR) is 80.3 cm³/mol. The Labute approximate surface area is 130 Å². The van der Waals surface area contributed by atoms with Crippen molar-refractivity contribution in [2.75, 3.05) is 13.1 Å². The number of hydrogen-bond donors (Lipinski definition) is 1. The van der Waals surface area contributed by atoms with Gasteiger partial charge in [-0.15, -0.1) is 0 Å². The Morgan fingerprint density at radius 1 is 1.45 bits per heavy atom. The summed E-state index contributed by atoms with van der Waals surface area (Å²) in [6.07, 6.45) is 4.44. The van der Waals surface area contributed by atoms with Crippen LogP contribution in [0.1, 0.15) is 39.3 Å². The van der Waals surface area contributed by atoms with Gasteiger partial charge >= 0.3 is 6.03 Å². The molecule has 2 amide bonds. The first kappa shape index (κ1) is 16.0. The van der Waals surface area contributed by atoms with Crippen LogP contribution in [-0.2, 0) is 0 Å². The lowest BCUT2D eigenvalue weighted by Gasteiger charge is -2.34. The summed E-state index contributed by atoms with van der Waals surface area (Å²) in [7, 11) is 0. The quantitative estimate of drug-likeness (QED) is 0.898. The van der Waals surface area contributed by atoms with Crippen molar-refractivity contribution in [3.05, 3.63) is 18.1 Å². The van der Waals surface area contributed by atoms with Gasteiger partial charge in [0, 0.05) is 24.5 Å². The van der Waals surface area contributed by atoms with Gasteiger partial charge in [-0.1, -0.05) is 0 Å². The van der Waals surface area contributed by atoms with Crippen LogP contribution in [0, 0.1) is 11.3 Å². The topological polar surface area (TPSA) is 91.1 Å². The normalized spacial score (nSPS) is 18.5. The molecule has 0 spiro atoms. The van der Waals surface area contributed by atoms with E-state index in [9.17, 15) is 4.79 Å². The molecule has 0 radical (unpaired) electrons. The SMILES string of the molecule is CC(C)(C)NC(=O)N1CCCC(Oc2nccnc2C#N)C1. The number of nitriles is 1. The first-order valence-electron chi connectivity index (χ1n) is 7.34. The molecule has 1 aromatic heterocycles. The number of nitrogens with zero attached hydrogens (tertiary/aromatic N) is 4. The molecule has 2 rings (SSSR count). The first-order chi connectivity index (χ1) is 10.4. The second-order valence-corrected chi connectivity index (χ2v) is 6.33. The minimum atomic E-state index is -0.274. The summed E-state index contributed by atoms with van der Waals surface area (Å²) in [6.45, 7) is 7.02. The van der Waals surface area contributed by atoms with E-state index in [1.165, 1.54) is 12.4 Å². The van der Waals surface area contributed by atoms with E-state index in [-0.39, 0.29) is 29.2 Å². The van der Waals surface area contributed by atoms with Crippen LogP contribution in [0.15, 0.2) is 12.4 Å². The number of nitrogens with one attached hydrogen (secondary N) is 1. The van der Waals surface area contributed by atoms with E-state index in [0.717, 1.165) is 12.8 Å². The number of piperidine rings is 1. The van der Waals surface area contributed by atoms with Gasteiger partial charge in [0.15, 0.2) is 0 Å². The smallest absolute Gasteiger partial charge is 0.317 e. The van der Waals surface area contributed by atoms with Crippen molar-refractivity contribution in [3.63, 3.8) is 0 Å². The van der Waals surface area contributed by atoms with Crippen molar-refractivity contribution < 1.29 is 9.53 Å². The number of aromatic nitrogens is 2. The van der Waals surface area contributed by atoms with Crippen LogP contribution >= 0.6 is 0 Å². The van der Waals surface area contributed by atoms with Gasteiger partial charge < -0.3 is 15.0 Å². The molecule has 22 heavy (non-hydrogen) atoms. The van der Waals surface area contributed by atoms with Crippen molar-refractivity contribution in [1.29, 1.82) is 5.26 Å². The molecule has 1 saturated heterocycles. The van der Waals surface area contributed by atoms with Gasteiger partial charge in [-0.25, -0.2) is 14.8 Å². The van der Waals surface area contributed by atoms with Crippen molar-refractivity contribution in [3.8, 4) is 11.9 Å². The summed E-state index contributed by atoms with van der Waals surface area (Å²) in [5, 5.41) is 12.0. The molecule has 2 heterocycles. The molecule has 0 aliphatic carbocycles. The standard InChI is InChI=1S/C15H21N5O2/c1-15(2,3)19-14(21)20-8-4-5-11(10-20)22-13-12(9-16)17-6-7-18-13/h6-7,11H,4-5,8,10H2,1-3H3,(H,19,21). The van der Waals surface area contributed by atoms with E-state index < -0.39 is 0 Å². The predicted octanol–water partition coefficient (Wildman–Crippen LogP) is 1.70. The number of rotatable bonds is 2. The van der Waals surface area contributed by atoms with Crippen LogP contribution in [-0.4, -0.2) is 45.6 Å². The van der Waals surface area contributed by atoms with Crippen molar-refractivity contribution >= 4 is 6.03 Å². The Balaban J connectivity index is 1.99. The lowest BCUT2D eigenvalue weighted by molar-refractivity contribution is 0.0947. The van der Waals surface area contributed by atoms with Gasteiger partial charge in [0.2, 0.25) is 5.69 Å². The van der Waals surface area contributed by atoms with Crippen LogP contribution in [0.4, 0.5) is 4.79 Å². The Morgan fingerprint density at radius 2 is 2.18 bits per heavy atom. The summed E-state index contributed by atoms with van der Waals surface area (Å²) >= 11 is 0. The second kappa shape index (κ2) is 6.60. The van der Waals surface area contributed by atoms with E-state index in [1.807, 2.05) is 26.8 Å². The van der Waals surface area contributed by atoms with Crippen LogP contribution in [0.3, 0.4) is 0 Å². The number of urea groups is 1. The fourth-order valence-electron chi connectivity index (χ4n) is 2.26. The Morgan fingerprint density at radius 3 is 2.86 bits per heavy atom.